The molecule has 2 nitrogen and oxygen atoms in total. The van der Waals surface area contributed by atoms with E-state index in [1.165, 1.54) is 44.9 Å². The summed E-state index contributed by atoms with van der Waals surface area (Å²) in [5.74, 6) is 2.36. The minimum absolute atomic E-state index is 0.142. The maximum Gasteiger partial charge on any atom is 0.0810 e. The number of hydrogen-bond donors (Lipinski definition) is 1. The normalized spacial score (nSPS) is 34.9. The standard InChI is InChI=1S/C17H33NO/c1-13(2)15-8-7-14(3)11-16(15)19-17(12-18-4)9-5-6-10-17/h13-16,18H,5-12H2,1-4H3. The molecule has 3 atom stereocenters. The Morgan fingerprint density at radius 1 is 1.21 bits per heavy atom. The lowest BCUT2D eigenvalue weighted by atomic mass is 9.75. The molecule has 0 saturated heterocycles. The summed E-state index contributed by atoms with van der Waals surface area (Å²) in [5.41, 5.74) is 0.142. The van der Waals surface area contributed by atoms with Gasteiger partial charge in [-0.2, -0.15) is 0 Å². The van der Waals surface area contributed by atoms with Gasteiger partial charge in [-0.15, -0.1) is 0 Å². The van der Waals surface area contributed by atoms with Gasteiger partial charge in [-0.05, 0) is 50.5 Å². The van der Waals surface area contributed by atoms with Gasteiger partial charge in [0.05, 0.1) is 11.7 Å². The summed E-state index contributed by atoms with van der Waals surface area (Å²) in [5, 5.41) is 3.37. The molecule has 0 bridgehead atoms. The second-order valence-electron chi connectivity index (χ2n) is 7.40. The van der Waals surface area contributed by atoms with E-state index in [0.29, 0.717) is 6.10 Å². The molecule has 2 aliphatic rings. The SMILES string of the molecule is CNCC1(OC2CC(C)CCC2C(C)C)CCCC1. The van der Waals surface area contributed by atoms with Crippen molar-refractivity contribution >= 4 is 0 Å². The molecule has 2 aliphatic carbocycles. The zero-order chi connectivity index (χ0) is 13.9. The fraction of sp³-hybridized carbons (Fsp3) is 1.00. The first-order valence-corrected chi connectivity index (χ1v) is 8.39. The van der Waals surface area contributed by atoms with Gasteiger partial charge in [-0.3, -0.25) is 0 Å². The summed E-state index contributed by atoms with van der Waals surface area (Å²) in [6, 6.07) is 0. The highest BCUT2D eigenvalue weighted by molar-refractivity contribution is 4.92. The van der Waals surface area contributed by atoms with E-state index in [4.69, 9.17) is 4.74 Å². The summed E-state index contributed by atoms with van der Waals surface area (Å²) in [6.45, 7) is 8.17. The van der Waals surface area contributed by atoms with Crippen LogP contribution in [0.3, 0.4) is 0 Å². The third-order valence-corrected chi connectivity index (χ3v) is 5.38. The number of nitrogens with one attached hydrogen (secondary N) is 1. The van der Waals surface area contributed by atoms with Crippen molar-refractivity contribution in [2.45, 2.75) is 77.4 Å². The number of rotatable bonds is 5. The van der Waals surface area contributed by atoms with Gasteiger partial charge in [0.2, 0.25) is 0 Å². The monoisotopic (exact) mass is 267 g/mol. The molecule has 0 aromatic rings. The third-order valence-electron chi connectivity index (χ3n) is 5.38. The highest BCUT2D eigenvalue weighted by Crippen LogP contribution is 2.41. The van der Waals surface area contributed by atoms with Crippen molar-refractivity contribution in [2.24, 2.45) is 17.8 Å². The summed E-state index contributed by atoms with van der Waals surface area (Å²) in [4.78, 5) is 0. The Balaban J connectivity index is 2.04. The first-order chi connectivity index (χ1) is 9.06. The van der Waals surface area contributed by atoms with Gasteiger partial charge >= 0.3 is 0 Å². The van der Waals surface area contributed by atoms with Crippen molar-refractivity contribution in [3.63, 3.8) is 0 Å². The van der Waals surface area contributed by atoms with E-state index in [2.05, 4.69) is 33.1 Å². The quantitative estimate of drug-likeness (QED) is 0.813. The van der Waals surface area contributed by atoms with Gasteiger partial charge in [0.15, 0.2) is 0 Å². The molecule has 0 aliphatic heterocycles. The summed E-state index contributed by atoms with van der Waals surface area (Å²) < 4.78 is 6.76. The van der Waals surface area contributed by atoms with E-state index >= 15 is 0 Å². The Labute approximate surface area is 119 Å². The maximum atomic E-state index is 6.76. The molecule has 3 unspecified atom stereocenters. The lowest BCUT2D eigenvalue weighted by Crippen LogP contribution is -2.46. The van der Waals surface area contributed by atoms with Crippen LogP contribution in [0.15, 0.2) is 0 Å². The van der Waals surface area contributed by atoms with Crippen molar-refractivity contribution < 1.29 is 4.74 Å². The van der Waals surface area contributed by atoms with Gasteiger partial charge in [-0.25, -0.2) is 0 Å². The van der Waals surface area contributed by atoms with Crippen LogP contribution in [0.2, 0.25) is 0 Å². The largest absolute Gasteiger partial charge is 0.370 e. The summed E-state index contributed by atoms with van der Waals surface area (Å²) >= 11 is 0. The number of likely N-dealkylation sites (N-methyl/N-ethyl adjacent to an activating group) is 1. The topological polar surface area (TPSA) is 21.3 Å². The number of ether oxygens (including phenoxy) is 1. The molecular weight excluding hydrogens is 234 g/mol. The molecule has 2 fully saturated rings. The number of hydrogen-bond acceptors (Lipinski definition) is 2. The Bertz CT molecular complexity index is 270. The third kappa shape index (κ3) is 3.72. The summed E-state index contributed by atoms with van der Waals surface area (Å²) in [6.07, 6.45) is 9.71. The van der Waals surface area contributed by atoms with E-state index in [1.54, 1.807) is 0 Å². The van der Waals surface area contributed by atoms with E-state index in [9.17, 15) is 0 Å². The molecule has 0 aromatic heterocycles. The van der Waals surface area contributed by atoms with Crippen molar-refractivity contribution in [3.05, 3.63) is 0 Å². The van der Waals surface area contributed by atoms with E-state index < -0.39 is 0 Å². The first-order valence-electron chi connectivity index (χ1n) is 8.39. The van der Waals surface area contributed by atoms with Crippen molar-refractivity contribution in [2.75, 3.05) is 13.6 Å². The molecule has 19 heavy (non-hydrogen) atoms. The van der Waals surface area contributed by atoms with Crippen LogP contribution in [0.25, 0.3) is 0 Å². The van der Waals surface area contributed by atoms with Crippen molar-refractivity contribution in [1.29, 1.82) is 0 Å². The van der Waals surface area contributed by atoms with Crippen LogP contribution < -0.4 is 5.32 Å². The molecule has 0 radical (unpaired) electrons. The van der Waals surface area contributed by atoms with E-state index in [-0.39, 0.29) is 5.60 Å². The predicted octanol–water partition coefficient (Wildman–Crippen LogP) is 4.00. The van der Waals surface area contributed by atoms with Crippen LogP contribution in [-0.2, 0) is 4.74 Å². The van der Waals surface area contributed by atoms with Gasteiger partial charge in [-0.1, -0.05) is 40.0 Å². The zero-order valence-corrected chi connectivity index (χ0v) is 13.4. The lowest BCUT2D eigenvalue weighted by Gasteiger charge is -2.43. The van der Waals surface area contributed by atoms with E-state index in [0.717, 1.165) is 24.3 Å². The Morgan fingerprint density at radius 2 is 1.89 bits per heavy atom. The minimum Gasteiger partial charge on any atom is -0.370 e. The van der Waals surface area contributed by atoms with Gasteiger partial charge in [0, 0.05) is 6.54 Å². The Hall–Kier alpha value is -0.0800. The fourth-order valence-corrected chi connectivity index (χ4v) is 4.25. The van der Waals surface area contributed by atoms with E-state index in [1.807, 2.05) is 0 Å². The van der Waals surface area contributed by atoms with Gasteiger partial charge in [0.1, 0.15) is 0 Å². The molecule has 2 heteroatoms. The molecule has 2 saturated carbocycles. The van der Waals surface area contributed by atoms with Crippen LogP contribution in [0.4, 0.5) is 0 Å². The molecule has 112 valence electrons. The Kier molecular flexibility index (Phi) is 5.30. The molecular formula is C17H33NO. The molecule has 0 heterocycles. The van der Waals surface area contributed by atoms with Crippen molar-refractivity contribution in [1.82, 2.24) is 5.32 Å². The summed E-state index contributed by atoms with van der Waals surface area (Å²) in [7, 11) is 2.06. The maximum absolute atomic E-state index is 6.76. The Morgan fingerprint density at radius 3 is 2.47 bits per heavy atom. The smallest absolute Gasteiger partial charge is 0.0810 e. The second-order valence-corrected chi connectivity index (χ2v) is 7.40. The highest BCUT2D eigenvalue weighted by Gasteiger charge is 2.40. The molecule has 0 spiro atoms. The lowest BCUT2D eigenvalue weighted by molar-refractivity contribution is -0.134. The average molecular weight is 267 g/mol. The molecule has 1 N–H and O–H groups in total. The molecule has 0 aromatic carbocycles. The minimum atomic E-state index is 0.142. The fourth-order valence-electron chi connectivity index (χ4n) is 4.25. The van der Waals surface area contributed by atoms with Crippen LogP contribution in [-0.4, -0.2) is 25.3 Å². The predicted molar refractivity (Wildman–Crippen MR) is 81.3 cm³/mol. The second kappa shape index (κ2) is 6.58. The molecule has 0 amide bonds. The zero-order valence-electron chi connectivity index (χ0n) is 13.4. The average Bonchev–Trinajstić information content (AvgIpc) is 2.77. The van der Waals surface area contributed by atoms with Crippen LogP contribution in [0.5, 0.6) is 0 Å². The first kappa shape index (κ1) is 15.3. The van der Waals surface area contributed by atoms with Gasteiger partial charge in [0.25, 0.3) is 0 Å². The van der Waals surface area contributed by atoms with Crippen LogP contribution in [0.1, 0.15) is 65.7 Å². The van der Waals surface area contributed by atoms with Crippen LogP contribution in [0, 0.1) is 17.8 Å². The highest BCUT2D eigenvalue weighted by atomic mass is 16.5. The van der Waals surface area contributed by atoms with Gasteiger partial charge < -0.3 is 10.1 Å². The molecule has 2 rings (SSSR count). The van der Waals surface area contributed by atoms with Crippen molar-refractivity contribution in [3.8, 4) is 0 Å². The van der Waals surface area contributed by atoms with Crippen LogP contribution >= 0.6 is 0 Å².